The summed E-state index contributed by atoms with van der Waals surface area (Å²) in [5.41, 5.74) is 7.83. The van der Waals surface area contributed by atoms with Crippen LogP contribution < -0.4 is 15.8 Å². The quantitative estimate of drug-likeness (QED) is 0.628. The molecule has 0 radical (unpaired) electrons. The molecule has 0 aliphatic carbocycles. The van der Waals surface area contributed by atoms with Crippen LogP contribution in [0.25, 0.3) is 10.9 Å². The van der Waals surface area contributed by atoms with Crippen molar-refractivity contribution in [3.8, 4) is 5.75 Å². The van der Waals surface area contributed by atoms with Gasteiger partial charge < -0.3 is 20.5 Å². The van der Waals surface area contributed by atoms with E-state index in [2.05, 4.69) is 15.3 Å². The molecule has 0 fully saturated rings. The summed E-state index contributed by atoms with van der Waals surface area (Å²) in [6.45, 7) is 2.33. The van der Waals surface area contributed by atoms with Crippen LogP contribution in [0.1, 0.15) is 6.92 Å². The van der Waals surface area contributed by atoms with E-state index in [0.717, 1.165) is 0 Å². The van der Waals surface area contributed by atoms with E-state index >= 15 is 0 Å². The van der Waals surface area contributed by atoms with E-state index in [4.69, 9.17) is 26.8 Å². The Hall–Kier alpha value is -2.64. The topological polar surface area (TPSA) is 82.3 Å². The van der Waals surface area contributed by atoms with E-state index in [1.54, 1.807) is 25.3 Å². The molecule has 0 bridgehead atoms. The van der Waals surface area contributed by atoms with Crippen LogP contribution in [-0.4, -0.2) is 29.8 Å². The summed E-state index contributed by atoms with van der Waals surface area (Å²) < 4.78 is 24.2. The highest BCUT2D eigenvalue weighted by Gasteiger charge is 2.12. The zero-order chi connectivity index (χ0) is 18.7. The van der Waals surface area contributed by atoms with E-state index in [1.807, 2.05) is 6.92 Å². The average Bonchev–Trinajstić information content (AvgIpc) is 2.60. The van der Waals surface area contributed by atoms with Gasteiger partial charge in [0.05, 0.1) is 22.8 Å². The molecule has 0 saturated carbocycles. The molecule has 0 unspecified atom stereocenters. The predicted molar refractivity (Wildman–Crippen MR) is 101 cm³/mol. The van der Waals surface area contributed by atoms with Gasteiger partial charge in [0.15, 0.2) is 0 Å². The zero-order valence-electron chi connectivity index (χ0n) is 14.3. The van der Waals surface area contributed by atoms with Crippen molar-refractivity contribution in [3.05, 3.63) is 47.5 Å². The lowest BCUT2D eigenvalue weighted by Crippen LogP contribution is -2.18. The Labute approximate surface area is 155 Å². The summed E-state index contributed by atoms with van der Waals surface area (Å²) in [6.07, 6.45) is 1.27. The third kappa shape index (κ3) is 3.95. The third-order valence-electron chi connectivity index (χ3n) is 3.68. The Balaban J connectivity index is 1.94. The molecule has 26 heavy (non-hydrogen) atoms. The lowest BCUT2D eigenvalue weighted by atomic mass is 10.2. The highest BCUT2D eigenvalue weighted by Crippen LogP contribution is 2.32. The third-order valence-corrected chi connectivity index (χ3v) is 3.97. The van der Waals surface area contributed by atoms with Crippen LogP contribution in [-0.2, 0) is 4.74 Å². The monoisotopic (exact) mass is 376 g/mol. The van der Waals surface area contributed by atoms with Crippen molar-refractivity contribution in [3.63, 3.8) is 0 Å². The number of nitrogens with two attached hydrogens (primary N) is 1. The number of anilines is 3. The van der Waals surface area contributed by atoms with Gasteiger partial charge in [0.1, 0.15) is 29.8 Å². The number of fused-ring (bicyclic) bond motifs is 1. The highest BCUT2D eigenvalue weighted by atomic mass is 35.5. The van der Waals surface area contributed by atoms with E-state index in [1.165, 1.54) is 18.5 Å². The van der Waals surface area contributed by atoms with Crippen molar-refractivity contribution in [1.29, 1.82) is 0 Å². The SMILES string of the molecule is COC[C@@H](C)Oc1cc2ncnc(Nc3ccc(F)c(Cl)c3)c2cc1N. The van der Waals surface area contributed by atoms with Crippen molar-refractivity contribution >= 4 is 39.7 Å². The molecule has 0 aliphatic rings. The number of benzene rings is 2. The van der Waals surface area contributed by atoms with Crippen molar-refractivity contribution in [2.24, 2.45) is 0 Å². The Morgan fingerprint density at radius 3 is 2.81 bits per heavy atom. The Morgan fingerprint density at radius 2 is 2.08 bits per heavy atom. The molecule has 1 aromatic heterocycles. The van der Waals surface area contributed by atoms with Crippen molar-refractivity contribution in [1.82, 2.24) is 9.97 Å². The average molecular weight is 377 g/mol. The number of hydrogen-bond donors (Lipinski definition) is 2. The van der Waals surface area contributed by atoms with Gasteiger partial charge in [-0.2, -0.15) is 0 Å². The fourth-order valence-corrected chi connectivity index (χ4v) is 2.68. The van der Waals surface area contributed by atoms with Gasteiger partial charge in [-0.25, -0.2) is 14.4 Å². The number of rotatable bonds is 6. The predicted octanol–water partition coefficient (Wildman–Crippen LogP) is 4.16. The van der Waals surface area contributed by atoms with Crippen LogP contribution in [0, 0.1) is 5.82 Å². The van der Waals surface area contributed by atoms with Crippen molar-refractivity contribution < 1.29 is 13.9 Å². The number of aromatic nitrogens is 2. The van der Waals surface area contributed by atoms with E-state index in [-0.39, 0.29) is 11.1 Å². The molecule has 1 heterocycles. The van der Waals surface area contributed by atoms with Crippen LogP contribution in [0.3, 0.4) is 0 Å². The summed E-state index contributed by atoms with van der Waals surface area (Å²) >= 11 is 5.82. The van der Waals surface area contributed by atoms with Gasteiger partial charge >= 0.3 is 0 Å². The minimum absolute atomic E-state index is 0.0238. The van der Waals surface area contributed by atoms with Crippen LogP contribution in [0.5, 0.6) is 5.75 Å². The van der Waals surface area contributed by atoms with Crippen LogP contribution in [0.15, 0.2) is 36.7 Å². The lowest BCUT2D eigenvalue weighted by molar-refractivity contribution is 0.0926. The van der Waals surface area contributed by atoms with Gasteiger partial charge in [-0.15, -0.1) is 0 Å². The van der Waals surface area contributed by atoms with Crippen LogP contribution in [0.4, 0.5) is 21.6 Å². The molecule has 3 aromatic rings. The molecule has 1 atom stereocenters. The summed E-state index contributed by atoms with van der Waals surface area (Å²) in [6, 6.07) is 7.82. The molecule has 136 valence electrons. The number of hydrogen-bond acceptors (Lipinski definition) is 6. The molecule has 2 aromatic carbocycles. The van der Waals surface area contributed by atoms with Gasteiger partial charge in [0, 0.05) is 24.2 Å². The second-order valence-corrected chi connectivity index (χ2v) is 6.17. The van der Waals surface area contributed by atoms with E-state index in [9.17, 15) is 4.39 Å². The van der Waals surface area contributed by atoms with Gasteiger partial charge in [-0.3, -0.25) is 0 Å². The fourth-order valence-electron chi connectivity index (χ4n) is 2.50. The smallest absolute Gasteiger partial charge is 0.144 e. The molecule has 0 amide bonds. The van der Waals surface area contributed by atoms with Crippen molar-refractivity contribution in [2.75, 3.05) is 24.8 Å². The van der Waals surface area contributed by atoms with E-state index < -0.39 is 5.82 Å². The number of nitrogens with zero attached hydrogens (tertiary/aromatic N) is 2. The summed E-state index contributed by atoms with van der Waals surface area (Å²) in [5.74, 6) is 0.568. The highest BCUT2D eigenvalue weighted by molar-refractivity contribution is 6.31. The molecule has 0 aliphatic heterocycles. The molecular weight excluding hydrogens is 359 g/mol. The van der Waals surface area contributed by atoms with Gasteiger partial charge in [0.25, 0.3) is 0 Å². The first-order valence-electron chi connectivity index (χ1n) is 7.90. The molecule has 6 nitrogen and oxygen atoms in total. The number of methoxy groups -OCH3 is 1. The molecule has 3 rings (SSSR count). The molecule has 0 spiro atoms. The maximum Gasteiger partial charge on any atom is 0.144 e. The minimum Gasteiger partial charge on any atom is -0.486 e. The molecule has 8 heteroatoms. The number of nitrogens with one attached hydrogen (secondary N) is 1. The Kier molecular flexibility index (Phi) is 5.39. The number of ether oxygens (including phenoxy) is 2. The summed E-state index contributed by atoms with van der Waals surface area (Å²) in [5, 5.41) is 3.83. The summed E-state index contributed by atoms with van der Waals surface area (Å²) in [7, 11) is 1.61. The standard InChI is InChI=1S/C18H18ClFN4O2/c1-10(8-25-2)26-17-7-16-12(6-15(17)21)18(23-9-22-16)24-11-3-4-14(20)13(19)5-11/h3-7,9-10H,8,21H2,1-2H3,(H,22,23,24)/t10-/m1/s1. The fraction of sp³-hybridized carbons (Fsp3) is 0.222. The zero-order valence-corrected chi connectivity index (χ0v) is 15.0. The molecular formula is C18H18ClFN4O2. The first-order valence-corrected chi connectivity index (χ1v) is 8.27. The minimum atomic E-state index is -0.485. The second-order valence-electron chi connectivity index (χ2n) is 5.77. The molecule has 0 saturated heterocycles. The largest absolute Gasteiger partial charge is 0.486 e. The molecule has 3 N–H and O–H groups in total. The van der Waals surface area contributed by atoms with Gasteiger partial charge in [-0.1, -0.05) is 11.6 Å². The maximum atomic E-state index is 13.3. The van der Waals surface area contributed by atoms with Crippen LogP contribution in [0.2, 0.25) is 5.02 Å². The van der Waals surface area contributed by atoms with Crippen LogP contribution >= 0.6 is 11.6 Å². The Morgan fingerprint density at radius 1 is 1.27 bits per heavy atom. The van der Waals surface area contributed by atoms with Crippen molar-refractivity contribution in [2.45, 2.75) is 13.0 Å². The van der Waals surface area contributed by atoms with Gasteiger partial charge in [0.2, 0.25) is 0 Å². The Bertz CT molecular complexity index is 938. The summed E-state index contributed by atoms with van der Waals surface area (Å²) in [4.78, 5) is 8.51. The van der Waals surface area contributed by atoms with Gasteiger partial charge in [-0.05, 0) is 31.2 Å². The number of halogens is 2. The second kappa shape index (κ2) is 7.72. The van der Waals surface area contributed by atoms with E-state index in [0.29, 0.717) is 40.5 Å². The lowest BCUT2D eigenvalue weighted by Gasteiger charge is -2.16. The first kappa shape index (κ1) is 18.2. The number of nitrogen functional groups attached to an aromatic ring is 1. The first-order chi connectivity index (χ1) is 12.5. The normalized spacial score (nSPS) is 12.2. The maximum absolute atomic E-state index is 13.3.